The van der Waals surface area contributed by atoms with Gasteiger partial charge in [-0.25, -0.2) is 4.98 Å². The Balaban J connectivity index is 2.04. The molecule has 104 valence electrons. The molecule has 1 N–H and O–H groups in total. The van der Waals surface area contributed by atoms with Crippen LogP contribution in [-0.2, 0) is 21.5 Å². The number of carbonyl (C=O) groups excluding carboxylic acids is 1. The molecule has 5 nitrogen and oxygen atoms in total. The van der Waals surface area contributed by atoms with Crippen LogP contribution >= 0.6 is 11.3 Å². The molecule has 0 bridgehead atoms. The lowest BCUT2D eigenvalue weighted by molar-refractivity contribution is -0.141. The molecule has 0 saturated carbocycles. The molecule has 1 aromatic rings. The molecule has 1 aromatic heterocycles. The number of rotatable bonds is 3. The molecule has 19 heavy (non-hydrogen) atoms. The minimum Gasteiger partial charge on any atom is -0.481 e. The minimum absolute atomic E-state index is 0.00658. The fourth-order valence-corrected chi connectivity index (χ4v) is 3.02. The fraction of sp³-hybridized carbons (Fsp3) is 0.615. The zero-order valence-corrected chi connectivity index (χ0v) is 12.2. The zero-order chi connectivity index (χ0) is 14.2. The van der Waals surface area contributed by atoms with E-state index in [1.165, 1.54) is 11.3 Å². The number of carbonyl (C=O) groups is 2. The van der Waals surface area contributed by atoms with E-state index in [0.717, 1.165) is 10.7 Å². The molecule has 6 heteroatoms. The standard InChI is InChI=1S/C13H18N2O3S/c1-13(2,3)9-7-19-10(14-9)6-15-5-8(12(17)18)4-11(15)16/h7-8H,4-6H2,1-3H3,(H,17,18). The number of aromatic nitrogens is 1. The third kappa shape index (κ3) is 3.12. The molecule has 2 rings (SSSR count). The summed E-state index contributed by atoms with van der Waals surface area (Å²) in [5.74, 6) is -1.57. The highest BCUT2D eigenvalue weighted by Gasteiger charge is 2.34. The van der Waals surface area contributed by atoms with Crippen LogP contribution in [0.15, 0.2) is 5.38 Å². The van der Waals surface area contributed by atoms with Crippen molar-refractivity contribution in [1.82, 2.24) is 9.88 Å². The van der Waals surface area contributed by atoms with Crippen molar-refractivity contribution in [3.63, 3.8) is 0 Å². The molecule has 1 saturated heterocycles. The molecule has 1 aliphatic rings. The summed E-state index contributed by atoms with van der Waals surface area (Å²) in [7, 11) is 0. The summed E-state index contributed by atoms with van der Waals surface area (Å²) in [5.41, 5.74) is 1.00. The maximum Gasteiger partial charge on any atom is 0.308 e. The maximum atomic E-state index is 11.7. The van der Waals surface area contributed by atoms with E-state index in [4.69, 9.17) is 5.11 Å². The van der Waals surface area contributed by atoms with Gasteiger partial charge in [0.05, 0.1) is 18.2 Å². The van der Waals surface area contributed by atoms with E-state index in [1.807, 2.05) is 5.38 Å². The Morgan fingerprint density at radius 1 is 1.58 bits per heavy atom. The third-order valence-corrected chi connectivity index (χ3v) is 4.04. The van der Waals surface area contributed by atoms with Crippen LogP contribution in [-0.4, -0.2) is 33.4 Å². The van der Waals surface area contributed by atoms with Gasteiger partial charge in [0.1, 0.15) is 5.01 Å². The van der Waals surface area contributed by atoms with Crippen LogP contribution in [0.3, 0.4) is 0 Å². The number of aliphatic carboxylic acids is 1. The van der Waals surface area contributed by atoms with Crippen molar-refractivity contribution >= 4 is 23.2 Å². The smallest absolute Gasteiger partial charge is 0.308 e. The number of hydrogen-bond donors (Lipinski definition) is 1. The van der Waals surface area contributed by atoms with Crippen LogP contribution in [0.2, 0.25) is 0 Å². The first-order valence-electron chi connectivity index (χ1n) is 6.23. The Morgan fingerprint density at radius 2 is 2.26 bits per heavy atom. The fourth-order valence-electron chi connectivity index (χ4n) is 1.98. The molecular weight excluding hydrogens is 264 g/mol. The first kappa shape index (κ1) is 14.0. The Hall–Kier alpha value is -1.43. The van der Waals surface area contributed by atoms with Crippen molar-refractivity contribution in [3.05, 3.63) is 16.1 Å². The van der Waals surface area contributed by atoms with E-state index in [1.54, 1.807) is 4.90 Å². The molecule has 1 unspecified atom stereocenters. The highest BCUT2D eigenvalue weighted by Crippen LogP contribution is 2.26. The van der Waals surface area contributed by atoms with E-state index in [0.29, 0.717) is 13.1 Å². The van der Waals surface area contributed by atoms with Gasteiger partial charge >= 0.3 is 5.97 Å². The van der Waals surface area contributed by atoms with Gasteiger partial charge in [0.25, 0.3) is 0 Å². The van der Waals surface area contributed by atoms with Crippen LogP contribution in [0, 0.1) is 5.92 Å². The number of thiazole rings is 1. The quantitative estimate of drug-likeness (QED) is 0.919. The lowest BCUT2D eigenvalue weighted by Gasteiger charge is -2.15. The summed E-state index contributed by atoms with van der Waals surface area (Å²) < 4.78 is 0. The Morgan fingerprint density at radius 3 is 2.74 bits per heavy atom. The van der Waals surface area contributed by atoms with Gasteiger partial charge in [-0.3, -0.25) is 9.59 Å². The molecule has 1 fully saturated rings. The second kappa shape index (κ2) is 4.92. The number of amides is 1. The van der Waals surface area contributed by atoms with Crippen molar-refractivity contribution in [2.24, 2.45) is 5.92 Å². The van der Waals surface area contributed by atoms with Crippen molar-refractivity contribution in [2.75, 3.05) is 6.54 Å². The highest BCUT2D eigenvalue weighted by molar-refractivity contribution is 7.09. The van der Waals surface area contributed by atoms with Gasteiger partial charge < -0.3 is 10.0 Å². The summed E-state index contributed by atoms with van der Waals surface area (Å²) in [5, 5.41) is 11.8. The van der Waals surface area contributed by atoms with Crippen LogP contribution in [0.4, 0.5) is 0 Å². The number of likely N-dealkylation sites (tertiary alicyclic amines) is 1. The molecule has 0 aliphatic carbocycles. The van der Waals surface area contributed by atoms with Crippen molar-refractivity contribution in [1.29, 1.82) is 0 Å². The van der Waals surface area contributed by atoms with E-state index >= 15 is 0 Å². The van der Waals surface area contributed by atoms with E-state index in [2.05, 4.69) is 25.8 Å². The Labute approximate surface area is 116 Å². The van der Waals surface area contributed by atoms with Gasteiger partial charge in [0.15, 0.2) is 0 Å². The average Bonchev–Trinajstić information content (AvgIpc) is 2.86. The average molecular weight is 282 g/mol. The largest absolute Gasteiger partial charge is 0.481 e. The number of nitrogens with zero attached hydrogens (tertiary/aromatic N) is 2. The lowest BCUT2D eigenvalue weighted by atomic mass is 9.93. The van der Waals surface area contributed by atoms with Crippen molar-refractivity contribution in [2.45, 2.75) is 39.2 Å². The normalized spacial score (nSPS) is 20.1. The molecule has 0 radical (unpaired) electrons. The summed E-state index contributed by atoms with van der Waals surface area (Å²) >= 11 is 1.52. The second-order valence-electron chi connectivity index (χ2n) is 5.89. The van der Waals surface area contributed by atoms with E-state index < -0.39 is 11.9 Å². The van der Waals surface area contributed by atoms with Crippen LogP contribution < -0.4 is 0 Å². The zero-order valence-electron chi connectivity index (χ0n) is 11.3. The summed E-state index contributed by atoms with van der Waals surface area (Å²) in [6.07, 6.45) is 0.104. The molecule has 2 heterocycles. The lowest BCUT2D eigenvalue weighted by Crippen LogP contribution is -2.25. The first-order chi connectivity index (χ1) is 8.77. The van der Waals surface area contributed by atoms with Gasteiger partial charge in [-0.05, 0) is 0 Å². The molecule has 0 aromatic carbocycles. The van der Waals surface area contributed by atoms with E-state index in [9.17, 15) is 9.59 Å². The molecule has 1 aliphatic heterocycles. The van der Waals surface area contributed by atoms with E-state index in [-0.39, 0.29) is 17.7 Å². The van der Waals surface area contributed by atoms with Gasteiger partial charge in [0, 0.05) is 23.8 Å². The summed E-state index contributed by atoms with van der Waals surface area (Å²) in [6.45, 7) is 6.98. The van der Waals surface area contributed by atoms with Gasteiger partial charge in [-0.1, -0.05) is 20.8 Å². The van der Waals surface area contributed by atoms with Crippen molar-refractivity contribution < 1.29 is 14.7 Å². The van der Waals surface area contributed by atoms with Crippen molar-refractivity contribution in [3.8, 4) is 0 Å². The first-order valence-corrected chi connectivity index (χ1v) is 7.11. The second-order valence-corrected chi connectivity index (χ2v) is 6.83. The Bertz CT molecular complexity index is 504. The highest BCUT2D eigenvalue weighted by atomic mass is 32.1. The molecule has 0 spiro atoms. The molecule has 1 atom stereocenters. The topological polar surface area (TPSA) is 70.5 Å². The number of carboxylic acid groups (broad SMARTS) is 1. The van der Waals surface area contributed by atoms with Gasteiger partial charge in [-0.15, -0.1) is 11.3 Å². The summed E-state index contributed by atoms with van der Waals surface area (Å²) in [6, 6.07) is 0. The summed E-state index contributed by atoms with van der Waals surface area (Å²) in [4.78, 5) is 28.7. The minimum atomic E-state index is -0.898. The Kier molecular flexibility index (Phi) is 3.62. The molecular formula is C13H18N2O3S. The van der Waals surface area contributed by atoms with Gasteiger partial charge in [0.2, 0.25) is 5.91 Å². The predicted molar refractivity (Wildman–Crippen MR) is 72.0 cm³/mol. The van der Waals surface area contributed by atoms with Crippen LogP contribution in [0.5, 0.6) is 0 Å². The maximum absolute atomic E-state index is 11.7. The SMILES string of the molecule is CC(C)(C)c1csc(CN2CC(C(=O)O)CC2=O)n1. The van der Waals surface area contributed by atoms with Crippen LogP contribution in [0.1, 0.15) is 37.9 Å². The predicted octanol–water partition coefficient (Wildman–Crippen LogP) is 1.87. The number of hydrogen-bond acceptors (Lipinski definition) is 4. The third-order valence-electron chi connectivity index (χ3n) is 3.21. The van der Waals surface area contributed by atoms with Gasteiger partial charge in [-0.2, -0.15) is 0 Å². The monoisotopic (exact) mass is 282 g/mol. The number of carboxylic acids is 1. The molecule has 1 amide bonds. The van der Waals surface area contributed by atoms with Crippen LogP contribution in [0.25, 0.3) is 0 Å².